The number of thioether (sulfide) groups is 1. The van der Waals surface area contributed by atoms with Gasteiger partial charge in [0.05, 0.1) is 15.9 Å². The lowest BCUT2D eigenvalue weighted by Crippen LogP contribution is -2.35. The Labute approximate surface area is 121 Å². The zero-order valence-electron chi connectivity index (χ0n) is 11.2. The number of rotatable bonds is 4. The first-order valence-corrected chi connectivity index (χ1v) is 7.56. The lowest BCUT2D eigenvalue weighted by Gasteiger charge is -2.24. The molecule has 0 radical (unpaired) electrons. The van der Waals surface area contributed by atoms with Crippen LogP contribution in [-0.4, -0.2) is 33.4 Å². The van der Waals surface area contributed by atoms with Gasteiger partial charge in [-0.3, -0.25) is 14.9 Å². The topological polar surface area (TPSA) is 89.5 Å². The highest BCUT2D eigenvalue weighted by molar-refractivity contribution is 8.00. The fraction of sp³-hybridized carbons (Fsp3) is 0.462. The number of carbonyl (C=O) groups is 1. The van der Waals surface area contributed by atoms with Gasteiger partial charge in [-0.25, -0.2) is 0 Å². The summed E-state index contributed by atoms with van der Waals surface area (Å²) in [5, 5.41) is 11.0. The van der Waals surface area contributed by atoms with Crippen molar-refractivity contribution in [3.63, 3.8) is 0 Å². The smallest absolute Gasteiger partial charge is 0.270 e. The molecule has 108 valence electrons. The summed E-state index contributed by atoms with van der Waals surface area (Å²) in [5.74, 6) is 0.681. The van der Waals surface area contributed by atoms with Gasteiger partial charge < -0.3 is 10.6 Å². The maximum atomic E-state index is 12.5. The minimum atomic E-state index is -0.515. The van der Waals surface area contributed by atoms with Crippen LogP contribution >= 0.6 is 11.8 Å². The normalized spacial score (nSPS) is 18.2. The highest BCUT2D eigenvalue weighted by atomic mass is 32.2. The number of non-ortho nitro benzene ring substituents is 1. The van der Waals surface area contributed by atoms with Gasteiger partial charge in [0.15, 0.2) is 0 Å². The molecule has 1 unspecified atom stereocenters. The molecule has 2 N–H and O–H groups in total. The van der Waals surface area contributed by atoms with Gasteiger partial charge >= 0.3 is 0 Å². The van der Waals surface area contributed by atoms with E-state index in [2.05, 4.69) is 6.92 Å². The first kappa shape index (κ1) is 14.6. The summed E-state index contributed by atoms with van der Waals surface area (Å²) in [6, 6.07) is 4.00. The molecule has 1 amide bonds. The summed E-state index contributed by atoms with van der Waals surface area (Å²) in [6.45, 7) is 2.74. The molecule has 6 nitrogen and oxygen atoms in total. The van der Waals surface area contributed by atoms with E-state index in [1.165, 1.54) is 18.2 Å². The quantitative estimate of drug-likeness (QED) is 0.523. The van der Waals surface area contributed by atoms with E-state index in [0.29, 0.717) is 6.54 Å². The minimum Gasteiger partial charge on any atom is -0.398 e. The fourth-order valence-corrected chi connectivity index (χ4v) is 3.59. The summed E-state index contributed by atoms with van der Waals surface area (Å²) < 4.78 is 0. The number of nitro benzene ring substituents is 1. The van der Waals surface area contributed by atoms with Crippen LogP contribution in [0.2, 0.25) is 0 Å². The molecule has 1 heterocycles. The van der Waals surface area contributed by atoms with Crippen LogP contribution in [0.25, 0.3) is 0 Å². The van der Waals surface area contributed by atoms with Crippen LogP contribution in [0, 0.1) is 10.1 Å². The largest absolute Gasteiger partial charge is 0.398 e. The zero-order chi connectivity index (χ0) is 14.7. The summed E-state index contributed by atoms with van der Waals surface area (Å²) in [7, 11) is 0. The molecule has 1 aliphatic heterocycles. The van der Waals surface area contributed by atoms with Gasteiger partial charge in [0, 0.05) is 30.1 Å². The van der Waals surface area contributed by atoms with Crippen molar-refractivity contribution in [2.24, 2.45) is 0 Å². The summed E-state index contributed by atoms with van der Waals surface area (Å²) in [6.07, 6.45) is 1.91. The Morgan fingerprint density at radius 3 is 3.00 bits per heavy atom. The molecule has 0 bridgehead atoms. The van der Waals surface area contributed by atoms with Crippen molar-refractivity contribution in [3.05, 3.63) is 33.9 Å². The van der Waals surface area contributed by atoms with Crippen LogP contribution in [0.4, 0.5) is 11.4 Å². The van der Waals surface area contributed by atoms with Crippen molar-refractivity contribution in [2.45, 2.75) is 25.1 Å². The lowest BCUT2D eigenvalue weighted by molar-refractivity contribution is -0.384. The average molecular weight is 295 g/mol. The maximum Gasteiger partial charge on any atom is 0.270 e. The number of carbonyl (C=O) groups excluding carboxylic acids is 1. The number of hydrogen-bond acceptors (Lipinski definition) is 5. The van der Waals surface area contributed by atoms with E-state index in [1.807, 2.05) is 0 Å². The monoisotopic (exact) mass is 295 g/mol. The third-order valence-electron chi connectivity index (χ3n) is 3.26. The molecule has 2 rings (SSSR count). The Balaban J connectivity index is 2.28. The number of nitro groups is 1. The SMILES string of the molecule is CCCC1SCCN1C(=O)c1cc([N+](=O)[O-])ccc1N. The first-order chi connectivity index (χ1) is 9.54. The molecule has 1 fully saturated rings. The van der Waals surface area contributed by atoms with Crippen molar-refractivity contribution >= 4 is 29.0 Å². The Morgan fingerprint density at radius 1 is 1.60 bits per heavy atom. The van der Waals surface area contributed by atoms with Gasteiger partial charge in [-0.05, 0) is 12.5 Å². The van der Waals surface area contributed by atoms with Gasteiger partial charge in [-0.2, -0.15) is 0 Å². The molecular weight excluding hydrogens is 278 g/mol. The Kier molecular flexibility index (Phi) is 4.49. The van der Waals surface area contributed by atoms with Crippen LogP contribution in [0.1, 0.15) is 30.1 Å². The summed E-state index contributed by atoms with van der Waals surface area (Å²) >= 11 is 1.74. The number of nitrogens with two attached hydrogens (primary N) is 1. The molecule has 1 aliphatic rings. The molecule has 1 saturated heterocycles. The second-order valence-corrected chi connectivity index (χ2v) is 5.93. The average Bonchev–Trinajstić information content (AvgIpc) is 2.87. The van der Waals surface area contributed by atoms with E-state index in [4.69, 9.17) is 5.73 Å². The molecule has 0 saturated carbocycles. The van der Waals surface area contributed by atoms with Gasteiger partial charge in [-0.1, -0.05) is 13.3 Å². The van der Waals surface area contributed by atoms with E-state index in [0.717, 1.165) is 18.6 Å². The summed E-state index contributed by atoms with van der Waals surface area (Å²) in [4.78, 5) is 24.6. The number of amides is 1. The van der Waals surface area contributed by atoms with E-state index in [1.54, 1.807) is 16.7 Å². The number of hydrogen-bond donors (Lipinski definition) is 1. The number of nitrogens with zero attached hydrogens (tertiary/aromatic N) is 2. The zero-order valence-corrected chi connectivity index (χ0v) is 12.1. The Bertz CT molecular complexity index is 536. The summed E-state index contributed by atoms with van der Waals surface area (Å²) in [5.41, 5.74) is 6.20. The maximum absolute atomic E-state index is 12.5. The minimum absolute atomic E-state index is 0.110. The molecule has 0 spiro atoms. The van der Waals surface area contributed by atoms with Crippen LogP contribution in [0.3, 0.4) is 0 Å². The van der Waals surface area contributed by atoms with Gasteiger partial charge in [0.25, 0.3) is 11.6 Å². The van der Waals surface area contributed by atoms with Crippen molar-refractivity contribution < 1.29 is 9.72 Å². The second kappa shape index (κ2) is 6.13. The predicted octanol–water partition coefficient (Wildman–Crippen LogP) is 2.49. The molecule has 0 aliphatic carbocycles. The van der Waals surface area contributed by atoms with Gasteiger partial charge in [0.1, 0.15) is 0 Å². The van der Waals surface area contributed by atoms with Crippen LogP contribution in [0.15, 0.2) is 18.2 Å². The fourth-order valence-electron chi connectivity index (χ4n) is 2.24. The standard InChI is InChI=1S/C13H17N3O3S/c1-2-3-12-15(6-7-20-12)13(17)10-8-9(16(18)19)4-5-11(10)14/h4-5,8,12H,2-3,6-7,14H2,1H3. The molecular formula is C13H17N3O3S. The molecule has 0 aromatic heterocycles. The third kappa shape index (κ3) is 2.87. The molecule has 7 heteroatoms. The molecule has 20 heavy (non-hydrogen) atoms. The molecule has 1 aromatic rings. The highest BCUT2D eigenvalue weighted by Gasteiger charge is 2.30. The van der Waals surface area contributed by atoms with Crippen molar-refractivity contribution in [2.75, 3.05) is 18.0 Å². The number of benzene rings is 1. The first-order valence-electron chi connectivity index (χ1n) is 6.51. The number of anilines is 1. The third-order valence-corrected chi connectivity index (χ3v) is 4.56. The second-order valence-electron chi connectivity index (χ2n) is 4.64. The lowest BCUT2D eigenvalue weighted by atomic mass is 10.1. The highest BCUT2D eigenvalue weighted by Crippen LogP contribution is 2.30. The van der Waals surface area contributed by atoms with E-state index in [-0.39, 0.29) is 28.2 Å². The predicted molar refractivity (Wildman–Crippen MR) is 79.7 cm³/mol. The molecule has 1 aromatic carbocycles. The molecule has 1 atom stereocenters. The van der Waals surface area contributed by atoms with E-state index >= 15 is 0 Å². The Hall–Kier alpha value is -1.76. The van der Waals surface area contributed by atoms with Gasteiger partial charge in [-0.15, -0.1) is 11.8 Å². The van der Waals surface area contributed by atoms with Crippen LogP contribution < -0.4 is 5.73 Å². The van der Waals surface area contributed by atoms with E-state index in [9.17, 15) is 14.9 Å². The van der Waals surface area contributed by atoms with Crippen molar-refractivity contribution in [1.82, 2.24) is 4.90 Å². The van der Waals surface area contributed by atoms with Crippen molar-refractivity contribution in [3.8, 4) is 0 Å². The van der Waals surface area contributed by atoms with E-state index < -0.39 is 4.92 Å². The number of nitrogen functional groups attached to an aromatic ring is 1. The van der Waals surface area contributed by atoms with Crippen LogP contribution in [0.5, 0.6) is 0 Å². The Morgan fingerprint density at radius 2 is 2.35 bits per heavy atom. The van der Waals surface area contributed by atoms with Crippen LogP contribution in [-0.2, 0) is 0 Å². The van der Waals surface area contributed by atoms with Gasteiger partial charge in [0.2, 0.25) is 0 Å². The van der Waals surface area contributed by atoms with Crippen molar-refractivity contribution in [1.29, 1.82) is 0 Å².